The lowest BCUT2D eigenvalue weighted by Crippen LogP contribution is -2.20. The third kappa shape index (κ3) is 2.83. The Hall–Kier alpha value is -3.61. The molecule has 1 aliphatic rings. The van der Waals surface area contributed by atoms with Gasteiger partial charge in [-0.1, -0.05) is 36.4 Å². The minimum absolute atomic E-state index is 0.277. The first-order chi connectivity index (χ1) is 13.3. The van der Waals surface area contributed by atoms with Crippen molar-refractivity contribution in [1.29, 1.82) is 0 Å². The van der Waals surface area contributed by atoms with Crippen LogP contribution in [0.25, 0.3) is 17.0 Å². The molecule has 0 saturated heterocycles. The molecular formula is C20H17N5O2. The predicted molar refractivity (Wildman–Crippen MR) is 101 cm³/mol. The number of rotatable bonds is 4. The van der Waals surface area contributed by atoms with Crippen LogP contribution in [-0.4, -0.2) is 33.4 Å². The molecule has 0 atom stereocenters. The number of anilines is 1. The summed E-state index contributed by atoms with van der Waals surface area (Å²) >= 11 is 0. The Labute approximate surface area is 155 Å². The monoisotopic (exact) mass is 359 g/mol. The Bertz CT molecular complexity index is 1110. The molecule has 3 heterocycles. The van der Waals surface area contributed by atoms with Gasteiger partial charge < -0.3 is 14.4 Å². The van der Waals surface area contributed by atoms with Gasteiger partial charge >= 0.3 is 0 Å². The highest BCUT2D eigenvalue weighted by molar-refractivity contribution is 5.65. The summed E-state index contributed by atoms with van der Waals surface area (Å²) in [4.78, 5) is 11.0. The van der Waals surface area contributed by atoms with Crippen molar-refractivity contribution >= 4 is 11.6 Å². The maximum Gasteiger partial charge on any atom is 0.254 e. The van der Waals surface area contributed by atoms with Crippen LogP contribution in [0.5, 0.6) is 11.5 Å². The summed E-state index contributed by atoms with van der Waals surface area (Å²) < 4.78 is 12.6. The molecule has 2 aromatic heterocycles. The first kappa shape index (κ1) is 15.6. The lowest BCUT2D eigenvalue weighted by Gasteiger charge is -2.20. The zero-order chi connectivity index (χ0) is 18.2. The molecule has 0 aliphatic carbocycles. The average molecular weight is 359 g/mol. The summed E-state index contributed by atoms with van der Waals surface area (Å²) in [6.07, 6.45) is 1.52. The van der Waals surface area contributed by atoms with Crippen LogP contribution in [0.1, 0.15) is 5.56 Å². The van der Waals surface area contributed by atoms with Gasteiger partial charge in [-0.15, -0.1) is 0 Å². The normalized spacial score (nSPS) is 12.5. The van der Waals surface area contributed by atoms with E-state index < -0.39 is 0 Å². The van der Waals surface area contributed by atoms with Crippen LogP contribution in [0, 0.1) is 0 Å². The van der Waals surface area contributed by atoms with Crippen molar-refractivity contribution in [2.24, 2.45) is 0 Å². The number of fused-ring (bicyclic) bond motifs is 2. The SMILES string of the molecule is CN(Cc1ccc2c(c1)OCO2)c1cc(-c2ccccc2)nc2ncnn12. The number of nitrogens with zero attached hydrogens (tertiary/aromatic N) is 5. The molecule has 0 radical (unpaired) electrons. The Balaban J connectivity index is 1.52. The number of aromatic nitrogens is 4. The lowest BCUT2D eigenvalue weighted by atomic mass is 10.1. The fourth-order valence-electron chi connectivity index (χ4n) is 3.22. The molecule has 0 unspecified atom stereocenters. The highest BCUT2D eigenvalue weighted by atomic mass is 16.7. The standard InChI is InChI=1S/C20H17N5O2/c1-24(11-14-7-8-17-18(9-14)27-13-26-17)19-10-16(15-5-3-2-4-6-15)23-20-21-12-22-25(19)20/h2-10,12H,11,13H2,1H3. The zero-order valence-electron chi connectivity index (χ0n) is 14.7. The molecule has 0 saturated carbocycles. The van der Waals surface area contributed by atoms with Gasteiger partial charge in [0.2, 0.25) is 6.79 Å². The minimum atomic E-state index is 0.277. The van der Waals surface area contributed by atoms with E-state index in [2.05, 4.69) is 20.0 Å². The maximum absolute atomic E-state index is 5.48. The number of ether oxygens (including phenoxy) is 2. The Morgan fingerprint density at radius 2 is 1.89 bits per heavy atom. The van der Waals surface area contributed by atoms with E-state index >= 15 is 0 Å². The number of hydrogen-bond donors (Lipinski definition) is 0. The predicted octanol–water partition coefficient (Wildman–Crippen LogP) is 3.16. The van der Waals surface area contributed by atoms with Gasteiger partial charge in [0.1, 0.15) is 12.1 Å². The van der Waals surface area contributed by atoms with Gasteiger partial charge in [-0.25, -0.2) is 4.98 Å². The van der Waals surface area contributed by atoms with Crippen LogP contribution in [0.3, 0.4) is 0 Å². The molecule has 0 fully saturated rings. The van der Waals surface area contributed by atoms with Crippen molar-refractivity contribution in [3.05, 3.63) is 66.5 Å². The highest BCUT2D eigenvalue weighted by Crippen LogP contribution is 2.33. The molecule has 0 spiro atoms. The van der Waals surface area contributed by atoms with Crippen LogP contribution in [0.15, 0.2) is 60.9 Å². The maximum atomic E-state index is 5.48. The van der Waals surface area contributed by atoms with Gasteiger partial charge in [-0.3, -0.25) is 0 Å². The van der Waals surface area contributed by atoms with Gasteiger partial charge in [0.05, 0.1) is 5.69 Å². The van der Waals surface area contributed by atoms with Gasteiger partial charge in [0.15, 0.2) is 11.5 Å². The molecule has 134 valence electrons. The molecule has 0 N–H and O–H groups in total. The number of benzene rings is 2. The smallest absolute Gasteiger partial charge is 0.254 e. The molecule has 1 aliphatic heterocycles. The summed E-state index contributed by atoms with van der Waals surface area (Å²) in [5, 5.41) is 4.33. The van der Waals surface area contributed by atoms with E-state index in [1.54, 1.807) is 4.52 Å². The molecule has 0 bridgehead atoms. The first-order valence-electron chi connectivity index (χ1n) is 8.64. The Kier molecular flexibility index (Phi) is 3.64. The highest BCUT2D eigenvalue weighted by Gasteiger charge is 2.16. The third-order valence-electron chi connectivity index (χ3n) is 4.55. The van der Waals surface area contributed by atoms with Gasteiger partial charge in [0, 0.05) is 25.2 Å². The van der Waals surface area contributed by atoms with Crippen molar-refractivity contribution < 1.29 is 9.47 Å². The van der Waals surface area contributed by atoms with E-state index in [0.717, 1.165) is 34.1 Å². The molecule has 4 aromatic rings. The molecule has 7 heteroatoms. The second-order valence-electron chi connectivity index (χ2n) is 6.38. The van der Waals surface area contributed by atoms with Crippen molar-refractivity contribution in [1.82, 2.24) is 19.6 Å². The Morgan fingerprint density at radius 3 is 2.78 bits per heavy atom. The molecule has 5 rings (SSSR count). The summed E-state index contributed by atoms with van der Waals surface area (Å²) in [6.45, 7) is 0.961. The third-order valence-corrected chi connectivity index (χ3v) is 4.55. The quantitative estimate of drug-likeness (QED) is 0.558. The minimum Gasteiger partial charge on any atom is -0.454 e. The van der Waals surface area contributed by atoms with Gasteiger partial charge in [0.25, 0.3) is 5.78 Å². The van der Waals surface area contributed by atoms with E-state index in [-0.39, 0.29) is 6.79 Å². The molecule has 2 aromatic carbocycles. The van der Waals surface area contributed by atoms with Crippen molar-refractivity contribution in [2.45, 2.75) is 6.54 Å². The largest absolute Gasteiger partial charge is 0.454 e. The van der Waals surface area contributed by atoms with Gasteiger partial charge in [-0.2, -0.15) is 14.6 Å². The number of hydrogen-bond acceptors (Lipinski definition) is 6. The summed E-state index contributed by atoms with van der Waals surface area (Å²) in [5.41, 5.74) is 3.03. The van der Waals surface area contributed by atoms with Crippen molar-refractivity contribution in [2.75, 3.05) is 18.7 Å². The van der Waals surface area contributed by atoms with Crippen molar-refractivity contribution in [3.8, 4) is 22.8 Å². The zero-order valence-corrected chi connectivity index (χ0v) is 14.7. The summed E-state index contributed by atoms with van der Waals surface area (Å²) in [7, 11) is 2.02. The average Bonchev–Trinajstić information content (AvgIpc) is 3.36. The van der Waals surface area contributed by atoms with E-state index in [1.807, 2.05) is 61.6 Å². The van der Waals surface area contributed by atoms with Crippen molar-refractivity contribution in [3.63, 3.8) is 0 Å². The second kappa shape index (κ2) is 6.28. The topological polar surface area (TPSA) is 64.8 Å². The van der Waals surface area contributed by atoms with Crippen LogP contribution >= 0.6 is 0 Å². The van der Waals surface area contributed by atoms with Crippen LogP contribution in [-0.2, 0) is 6.54 Å². The summed E-state index contributed by atoms with van der Waals surface area (Å²) in [6, 6.07) is 18.1. The molecule has 7 nitrogen and oxygen atoms in total. The van der Waals surface area contributed by atoms with Crippen LogP contribution < -0.4 is 14.4 Å². The molecule has 27 heavy (non-hydrogen) atoms. The molecule has 0 amide bonds. The van der Waals surface area contributed by atoms with E-state index in [1.165, 1.54) is 6.33 Å². The first-order valence-corrected chi connectivity index (χ1v) is 8.64. The fraction of sp³-hybridized carbons (Fsp3) is 0.150. The van der Waals surface area contributed by atoms with E-state index in [0.29, 0.717) is 12.3 Å². The fourth-order valence-corrected chi connectivity index (χ4v) is 3.22. The Morgan fingerprint density at radius 1 is 1.04 bits per heavy atom. The van der Waals surface area contributed by atoms with Crippen LogP contribution in [0.4, 0.5) is 5.82 Å². The van der Waals surface area contributed by atoms with E-state index in [9.17, 15) is 0 Å². The summed E-state index contributed by atoms with van der Waals surface area (Å²) in [5.74, 6) is 3.06. The second-order valence-corrected chi connectivity index (χ2v) is 6.38. The lowest BCUT2D eigenvalue weighted by molar-refractivity contribution is 0.174. The molecular weight excluding hydrogens is 342 g/mol. The van der Waals surface area contributed by atoms with Crippen LogP contribution in [0.2, 0.25) is 0 Å². The van der Waals surface area contributed by atoms with Gasteiger partial charge in [-0.05, 0) is 17.7 Å². The van der Waals surface area contributed by atoms with E-state index in [4.69, 9.17) is 9.47 Å².